The van der Waals surface area contributed by atoms with E-state index in [9.17, 15) is 23.4 Å². The zero-order valence-corrected chi connectivity index (χ0v) is 20.7. The van der Waals surface area contributed by atoms with E-state index in [4.69, 9.17) is 14.3 Å². The van der Waals surface area contributed by atoms with Gasteiger partial charge in [0.05, 0.1) is 29.7 Å². The number of fused-ring (bicyclic) bond motifs is 1. The van der Waals surface area contributed by atoms with Gasteiger partial charge in [0.1, 0.15) is 13.2 Å². The first-order valence-electron chi connectivity index (χ1n) is 12.1. The maximum absolute atomic E-state index is 13.7. The third-order valence-corrected chi connectivity index (χ3v) is 7.93. The highest BCUT2D eigenvalue weighted by Crippen LogP contribution is 2.34. The molecular formula is C25H32N2O8S. The maximum atomic E-state index is 13.7. The Kier molecular flexibility index (Phi) is 8.68. The lowest BCUT2D eigenvalue weighted by molar-refractivity contribution is -0.156. The fourth-order valence-electron chi connectivity index (χ4n) is 4.43. The lowest BCUT2D eigenvalue weighted by Gasteiger charge is -2.32. The van der Waals surface area contributed by atoms with Crippen LogP contribution in [0.4, 0.5) is 4.79 Å². The molecule has 0 aromatic heterocycles. The van der Waals surface area contributed by atoms with E-state index >= 15 is 0 Å². The van der Waals surface area contributed by atoms with Crippen molar-refractivity contribution in [1.82, 2.24) is 9.79 Å². The Morgan fingerprint density at radius 1 is 1.06 bits per heavy atom. The molecule has 1 amide bonds. The van der Waals surface area contributed by atoms with Crippen LogP contribution in [0.2, 0.25) is 0 Å². The summed E-state index contributed by atoms with van der Waals surface area (Å²) in [4.78, 5) is 17.4. The van der Waals surface area contributed by atoms with Crippen LogP contribution in [0.1, 0.15) is 37.7 Å². The number of hydroxylamine groups is 1. The number of carboxylic acid groups (broad SMARTS) is 1. The van der Waals surface area contributed by atoms with Crippen LogP contribution in [-0.2, 0) is 21.3 Å². The molecule has 1 heterocycles. The molecule has 0 saturated heterocycles. The maximum Gasteiger partial charge on any atom is 0.404 e. The predicted octanol–water partition coefficient (Wildman–Crippen LogP) is 2.95. The number of nitrogens with one attached hydrogen (secondary N) is 1. The van der Waals surface area contributed by atoms with Gasteiger partial charge in [-0.05, 0) is 37.0 Å². The first-order chi connectivity index (χ1) is 17.3. The highest BCUT2D eigenvalue weighted by molar-refractivity contribution is 7.89. The summed E-state index contributed by atoms with van der Waals surface area (Å²) in [5, 5.41) is 22.7. The molecule has 196 valence electrons. The number of carbonyl (C=O) groups is 1. The van der Waals surface area contributed by atoms with Gasteiger partial charge < -0.3 is 25.0 Å². The van der Waals surface area contributed by atoms with Gasteiger partial charge in [-0.1, -0.05) is 54.1 Å². The highest BCUT2D eigenvalue weighted by atomic mass is 32.2. The monoisotopic (exact) mass is 520 g/mol. The predicted molar refractivity (Wildman–Crippen MR) is 130 cm³/mol. The van der Waals surface area contributed by atoms with Crippen molar-refractivity contribution in [3.05, 3.63) is 54.1 Å². The van der Waals surface area contributed by atoms with Gasteiger partial charge in [0.25, 0.3) is 10.0 Å². The lowest BCUT2D eigenvalue weighted by Crippen LogP contribution is -2.50. The molecule has 1 aliphatic heterocycles. The van der Waals surface area contributed by atoms with E-state index in [0.29, 0.717) is 37.6 Å². The molecule has 11 heteroatoms. The van der Waals surface area contributed by atoms with Crippen LogP contribution in [0.3, 0.4) is 0 Å². The molecule has 0 unspecified atom stereocenters. The minimum absolute atomic E-state index is 0.0689. The molecule has 3 N–H and O–H groups in total. The smallest absolute Gasteiger partial charge is 0.404 e. The Bertz CT molecular complexity index is 1120. The van der Waals surface area contributed by atoms with E-state index in [1.54, 1.807) is 0 Å². The van der Waals surface area contributed by atoms with Gasteiger partial charge in [0, 0.05) is 6.07 Å². The molecule has 1 aliphatic carbocycles. The van der Waals surface area contributed by atoms with Gasteiger partial charge in [-0.15, -0.1) is 0 Å². The van der Waals surface area contributed by atoms with E-state index in [1.165, 1.54) is 18.2 Å². The first-order valence-corrected chi connectivity index (χ1v) is 13.6. The largest absolute Gasteiger partial charge is 0.486 e. The molecule has 0 spiro atoms. The zero-order chi connectivity index (χ0) is 25.5. The molecule has 2 aromatic rings. The topological polar surface area (TPSA) is 135 Å². The summed E-state index contributed by atoms with van der Waals surface area (Å²) < 4.78 is 39.2. The number of benzene rings is 2. The molecule has 0 bridgehead atoms. The number of aliphatic hydroxyl groups is 1. The third-order valence-electron chi connectivity index (χ3n) is 6.31. The number of amides is 1. The SMILES string of the molecule is O=C(O)N[C@@H](Cc1ccccc1)[C@@H](O)CN(OC1CCCCC1)S(=O)(=O)c1ccc2c(c1)OCCO2. The Balaban J connectivity index is 1.59. The Morgan fingerprint density at radius 3 is 2.44 bits per heavy atom. The number of rotatable bonds is 10. The van der Waals surface area contributed by atoms with Gasteiger partial charge in [0.15, 0.2) is 11.5 Å². The summed E-state index contributed by atoms with van der Waals surface area (Å²) >= 11 is 0. The average molecular weight is 521 g/mol. The van der Waals surface area contributed by atoms with Crippen LogP contribution in [0.25, 0.3) is 0 Å². The Labute approximate surface area is 210 Å². The second-order valence-electron chi connectivity index (χ2n) is 8.97. The molecule has 1 saturated carbocycles. The van der Waals surface area contributed by atoms with Crippen molar-refractivity contribution in [3.8, 4) is 11.5 Å². The van der Waals surface area contributed by atoms with Crippen molar-refractivity contribution in [1.29, 1.82) is 0 Å². The molecular weight excluding hydrogens is 488 g/mol. The Morgan fingerprint density at radius 2 is 1.75 bits per heavy atom. The second-order valence-corrected chi connectivity index (χ2v) is 10.8. The summed E-state index contributed by atoms with van der Waals surface area (Å²) in [5.74, 6) is 0.767. The minimum Gasteiger partial charge on any atom is -0.486 e. The van der Waals surface area contributed by atoms with Crippen LogP contribution in [-0.4, -0.2) is 67.2 Å². The van der Waals surface area contributed by atoms with Crippen LogP contribution in [0, 0.1) is 0 Å². The van der Waals surface area contributed by atoms with Crippen LogP contribution in [0.5, 0.6) is 11.5 Å². The van der Waals surface area contributed by atoms with E-state index in [2.05, 4.69) is 5.32 Å². The lowest BCUT2D eigenvalue weighted by atomic mass is 9.98. The number of nitrogens with zero attached hydrogens (tertiary/aromatic N) is 1. The summed E-state index contributed by atoms with van der Waals surface area (Å²) in [6, 6.07) is 12.4. The number of aliphatic hydroxyl groups excluding tert-OH is 1. The van der Waals surface area contributed by atoms with Gasteiger partial charge in [-0.2, -0.15) is 0 Å². The highest BCUT2D eigenvalue weighted by Gasteiger charge is 2.34. The van der Waals surface area contributed by atoms with E-state index in [1.807, 2.05) is 30.3 Å². The van der Waals surface area contributed by atoms with Gasteiger partial charge >= 0.3 is 6.09 Å². The second kappa shape index (κ2) is 11.9. The number of sulfonamides is 1. The molecule has 2 aliphatic rings. The zero-order valence-electron chi connectivity index (χ0n) is 19.9. The normalized spacial score (nSPS) is 17.9. The van der Waals surface area contributed by atoms with Gasteiger partial charge in [-0.25, -0.2) is 13.2 Å². The fraction of sp³-hybridized carbons (Fsp3) is 0.480. The standard InChI is InChI=1S/C25H32N2O8S/c28-22(21(26-25(29)30)15-18-7-3-1-4-8-18)17-27(35-19-9-5-2-6-10-19)36(31,32)20-11-12-23-24(16-20)34-14-13-33-23/h1,3-4,7-8,11-12,16,19,21-22,26,28H,2,5-6,9-10,13-15,17H2,(H,29,30)/t21-,22-/m0/s1. The van der Waals surface area contributed by atoms with E-state index in [0.717, 1.165) is 29.3 Å². The van der Waals surface area contributed by atoms with Crippen molar-refractivity contribution in [3.63, 3.8) is 0 Å². The summed E-state index contributed by atoms with van der Waals surface area (Å²) in [6.45, 7) is 0.228. The van der Waals surface area contributed by atoms with Crippen LogP contribution >= 0.6 is 0 Å². The molecule has 10 nitrogen and oxygen atoms in total. The van der Waals surface area contributed by atoms with Crippen molar-refractivity contribution in [2.24, 2.45) is 0 Å². The van der Waals surface area contributed by atoms with E-state index in [-0.39, 0.29) is 17.4 Å². The summed E-state index contributed by atoms with van der Waals surface area (Å²) in [5.41, 5.74) is 0.796. The number of hydrogen-bond acceptors (Lipinski definition) is 7. The van der Waals surface area contributed by atoms with Crippen LogP contribution in [0.15, 0.2) is 53.4 Å². The molecule has 2 aromatic carbocycles. The molecule has 4 rings (SSSR count). The molecule has 2 atom stereocenters. The number of ether oxygens (including phenoxy) is 2. The quantitative estimate of drug-likeness (QED) is 0.407. The summed E-state index contributed by atoms with van der Waals surface area (Å²) in [7, 11) is -4.22. The molecule has 1 fully saturated rings. The van der Waals surface area contributed by atoms with Crippen molar-refractivity contribution in [2.45, 2.75) is 61.7 Å². The van der Waals surface area contributed by atoms with Gasteiger partial charge in [-0.3, -0.25) is 4.84 Å². The van der Waals surface area contributed by atoms with Crippen molar-refractivity contribution < 1.29 is 37.7 Å². The van der Waals surface area contributed by atoms with Gasteiger partial charge in [0.2, 0.25) is 0 Å². The van der Waals surface area contributed by atoms with Crippen molar-refractivity contribution >= 4 is 16.1 Å². The summed E-state index contributed by atoms with van der Waals surface area (Å²) in [6.07, 6.45) is 1.45. The number of hydrogen-bond donors (Lipinski definition) is 3. The van der Waals surface area contributed by atoms with E-state index < -0.39 is 34.8 Å². The third kappa shape index (κ3) is 6.67. The molecule has 36 heavy (non-hydrogen) atoms. The van der Waals surface area contributed by atoms with Crippen molar-refractivity contribution in [2.75, 3.05) is 19.8 Å². The Hall–Kier alpha value is -2.86. The van der Waals surface area contributed by atoms with Crippen LogP contribution < -0.4 is 14.8 Å². The average Bonchev–Trinajstić information content (AvgIpc) is 2.88. The fourth-order valence-corrected chi connectivity index (χ4v) is 5.74. The minimum atomic E-state index is -4.22. The molecule has 0 radical (unpaired) electrons. The first kappa shape index (κ1) is 26.2.